The number of methoxy groups -OCH3 is 1. The van der Waals surface area contributed by atoms with Crippen LogP contribution in [0.15, 0.2) is 52.9 Å². The quantitative estimate of drug-likeness (QED) is 0.647. The molecule has 0 aliphatic rings. The fourth-order valence-corrected chi connectivity index (χ4v) is 2.85. The van der Waals surface area contributed by atoms with Crippen molar-refractivity contribution in [3.8, 4) is 11.5 Å². The van der Waals surface area contributed by atoms with Gasteiger partial charge in [-0.1, -0.05) is 38.1 Å². The van der Waals surface area contributed by atoms with Gasteiger partial charge in [-0.05, 0) is 36.6 Å². The average molecular weight is 368 g/mol. The van der Waals surface area contributed by atoms with E-state index in [1.54, 1.807) is 19.2 Å². The zero-order chi connectivity index (χ0) is 19.2. The van der Waals surface area contributed by atoms with Crippen molar-refractivity contribution in [2.75, 3.05) is 13.7 Å². The molecule has 0 unspecified atom stereocenters. The number of amides is 1. The number of nitrogens with zero attached hydrogens (tertiary/aromatic N) is 1. The molecule has 0 bridgehead atoms. The van der Waals surface area contributed by atoms with Crippen molar-refractivity contribution in [2.24, 2.45) is 5.92 Å². The number of benzene rings is 2. The molecule has 0 saturated carbocycles. The second-order valence-electron chi connectivity index (χ2n) is 6.71. The molecule has 1 N–H and O–H groups in total. The van der Waals surface area contributed by atoms with E-state index in [0.717, 1.165) is 5.52 Å². The number of para-hydroxylation sites is 4. The number of aromatic nitrogens is 1. The Hall–Kier alpha value is -3.02. The van der Waals surface area contributed by atoms with Crippen LogP contribution in [0.5, 0.6) is 11.5 Å². The molecule has 0 spiro atoms. The summed E-state index contributed by atoms with van der Waals surface area (Å²) in [6.07, 6.45) is 0.715. The zero-order valence-electron chi connectivity index (χ0n) is 15.8. The predicted octanol–water partition coefficient (Wildman–Crippen LogP) is 4.12. The van der Waals surface area contributed by atoms with Gasteiger partial charge in [-0.2, -0.15) is 0 Å². The minimum absolute atomic E-state index is 0.116. The average Bonchev–Trinajstić information content (AvgIpc) is 3.10. The first-order chi connectivity index (χ1) is 13.1. The maximum absolute atomic E-state index is 12.5. The second kappa shape index (κ2) is 8.58. The number of oxazole rings is 1. The molecule has 3 rings (SSSR count). The van der Waals surface area contributed by atoms with Gasteiger partial charge in [0.25, 0.3) is 5.91 Å². The molecule has 6 nitrogen and oxygen atoms in total. The lowest BCUT2D eigenvalue weighted by atomic mass is 10.0. The van der Waals surface area contributed by atoms with Gasteiger partial charge < -0.3 is 19.2 Å². The Morgan fingerprint density at radius 1 is 1.11 bits per heavy atom. The Labute approximate surface area is 158 Å². The van der Waals surface area contributed by atoms with Crippen LogP contribution in [-0.2, 0) is 4.79 Å². The number of carbonyl (C=O) groups excluding carboxylic acids is 1. The first-order valence-electron chi connectivity index (χ1n) is 8.97. The van der Waals surface area contributed by atoms with Crippen LogP contribution in [0.25, 0.3) is 11.1 Å². The fraction of sp³-hybridized carbons (Fsp3) is 0.333. The predicted molar refractivity (Wildman–Crippen MR) is 103 cm³/mol. The van der Waals surface area contributed by atoms with Crippen LogP contribution < -0.4 is 14.8 Å². The number of carbonyl (C=O) groups is 1. The normalized spacial score (nSPS) is 12.1. The molecule has 142 valence electrons. The first-order valence-corrected chi connectivity index (χ1v) is 8.97. The minimum Gasteiger partial charge on any atom is -0.493 e. The highest BCUT2D eigenvalue weighted by Crippen LogP contribution is 2.27. The van der Waals surface area contributed by atoms with Crippen LogP contribution in [0, 0.1) is 5.92 Å². The van der Waals surface area contributed by atoms with Crippen LogP contribution in [0.2, 0.25) is 0 Å². The monoisotopic (exact) mass is 368 g/mol. The molecule has 1 atom stereocenters. The van der Waals surface area contributed by atoms with Gasteiger partial charge in [0.2, 0.25) is 5.89 Å². The molecule has 1 heterocycles. The maximum atomic E-state index is 12.5. The van der Waals surface area contributed by atoms with Gasteiger partial charge >= 0.3 is 0 Å². The van der Waals surface area contributed by atoms with Crippen molar-refractivity contribution in [3.63, 3.8) is 0 Å². The molecule has 2 aromatic carbocycles. The number of fused-ring (bicyclic) bond motifs is 1. The van der Waals surface area contributed by atoms with Crippen molar-refractivity contribution in [3.05, 3.63) is 54.4 Å². The highest BCUT2D eigenvalue weighted by Gasteiger charge is 2.22. The molecular weight excluding hydrogens is 344 g/mol. The third-order valence-electron chi connectivity index (χ3n) is 4.08. The summed E-state index contributed by atoms with van der Waals surface area (Å²) in [5.74, 6) is 1.74. The SMILES string of the molecule is COc1ccccc1OCC(=O)N[C@@H](CC(C)C)c1nc2ccccc2o1. The highest BCUT2D eigenvalue weighted by atomic mass is 16.5. The molecule has 27 heavy (non-hydrogen) atoms. The highest BCUT2D eigenvalue weighted by molar-refractivity contribution is 5.78. The number of rotatable bonds is 8. The Balaban J connectivity index is 1.69. The van der Waals surface area contributed by atoms with E-state index >= 15 is 0 Å². The van der Waals surface area contributed by atoms with E-state index in [9.17, 15) is 4.79 Å². The zero-order valence-corrected chi connectivity index (χ0v) is 15.8. The van der Waals surface area contributed by atoms with Gasteiger partial charge in [0.15, 0.2) is 23.7 Å². The van der Waals surface area contributed by atoms with Crippen LogP contribution in [0.1, 0.15) is 32.2 Å². The lowest BCUT2D eigenvalue weighted by Gasteiger charge is -2.18. The number of hydrogen-bond donors (Lipinski definition) is 1. The Morgan fingerprint density at radius 3 is 2.52 bits per heavy atom. The van der Waals surface area contributed by atoms with Gasteiger partial charge in [-0.25, -0.2) is 4.98 Å². The molecule has 3 aromatic rings. The summed E-state index contributed by atoms with van der Waals surface area (Å²) in [4.78, 5) is 17.0. The smallest absolute Gasteiger partial charge is 0.258 e. The van der Waals surface area contributed by atoms with Gasteiger partial charge in [-0.15, -0.1) is 0 Å². The summed E-state index contributed by atoms with van der Waals surface area (Å²) in [7, 11) is 1.56. The van der Waals surface area contributed by atoms with Crippen molar-refractivity contribution in [1.82, 2.24) is 10.3 Å². The van der Waals surface area contributed by atoms with Crippen LogP contribution >= 0.6 is 0 Å². The molecule has 0 aliphatic carbocycles. The van der Waals surface area contributed by atoms with E-state index in [1.807, 2.05) is 36.4 Å². The van der Waals surface area contributed by atoms with Crippen molar-refractivity contribution in [1.29, 1.82) is 0 Å². The van der Waals surface area contributed by atoms with E-state index in [2.05, 4.69) is 24.1 Å². The standard InChI is InChI=1S/C21H24N2O4/c1-14(2)12-16(21-23-15-8-4-5-9-17(15)27-21)22-20(24)13-26-19-11-7-6-10-18(19)25-3/h4-11,14,16H,12-13H2,1-3H3,(H,22,24)/t16-/m0/s1. The summed E-state index contributed by atoms with van der Waals surface area (Å²) in [5.41, 5.74) is 1.49. The maximum Gasteiger partial charge on any atom is 0.258 e. The number of hydrogen-bond acceptors (Lipinski definition) is 5. The summed E-state index contributed by atoms with van der Waals surface area (Å²) in [6.45, 7) is 4.06. The van der Waals surface area contributed by atoms with Gasteiger partial charge in [0.05, 0.1) is 7.11 Å². The summed E-state index contributed by atoms with van der Waals surface area (Å²) < 4.78 is 16.7. The van der Waals surface area contributed by atoms with E-state index in [1.165, 1.54) is 0 Å². The van der Waals surface area contributed by atoms with E-state index in [-0.39, 0.29) is 18.6 Å². The minimum atomic E-state index is -0.314. The Morgan fingerprint density at radius 2 is 1.81 bits per heavy atom. The topological polar surface area (TPSA) is 73.6 Å². The Kier molecular flexibility index (Phi) is 5.96. The van der Waals surface area contributed by atoms with Gasteiger partial charge in [0.1, 0.15) is 11.6 Å². The van der Waals surface area contributed by atoms with Crippen molar-refractivity contribution in [2.45, 2.75) is 26.3 Å². The lowest BCUT2D eigenvalue weighted by molar-refractivity contribution is -0.124. The Bertz CT molecular complexity index is 871. The van der Waals surface area contributed by atoms with E-state index < -0.39 is 0 Å². The number of nitrogens with one attached hydrogen (secondary N) is 1. The molecule has 0 fully saturated rings. The summed E-state index contributed by atoms with van der Waals surface area (Å²) in [5, 5.41) is 2.97. The van der Waals surface area contributed by atoms with Crippen molar-refractivity contribution < 1.29 is 18.7 Å². The first kappa shape index (κ1) is 18.8. The number of ether oxygens (including phenoxy) is 2. The van der Waals surface area contributed by atoms with Gasteiger partial charge in [0, 0.05) is 0 Å². The van der Waals surface area contributed by atoms with Crippen LogP contribution in [0.3, 0.4) is 0 Å². The van der Waals surface area contributed by atoms with Crippen LogP contribution in [-0.4, -0.2) is 24.6 Å². The molecule has 6 heteroatoms. The molecule has 0 saturated heterocycles. The molecular formula is C21H24N2O4. The van der Waals surface area contributed by atoms with Gasteiger partial charge in [-0.3, -0.25) is 4.79 Å². The second-order valence-corrected chi connectivity index (χ2v) is 6.71. The molecule has 0 radical (unpaired) electrons. The fourth-order valence-electron chi connectivity index (χ4n) is 2.85. The third kappa shape index (κ3) is 4.78. The van der Waals surface area contributed by atoms with Crippen LogP contribution in [0.4, 0.5) is 0 Å². The van der Waals surface area contributed by atoms with E-state index in [0.29, 0.717) is 35.3 Å². The molecule has 1 aromatic heterocycles. The largest absolute Gasteiger partial charge is 0.493 e. The van der Waals surface area contributed by atoms with Crippen molar-refractivity contribution >= 4 is 17.0 Å². The summed E-state index contributed by atoms with van der Waals surface area (Å²) in [6, 6.07) is 14.5. The summed E-state index contributed by atoms with van der Waals surface area (Å²) >= 11 is 0. The lowest BCUT2D eigenvalue weighted by Crippen LogP contribution is -2.33. The third-order valence-corrected chi connectivity index (χ3v) is 4.08. The molecule has 1 amide bonds. The van der Waals surface area contributed by atoms with E-state index in [4.69, 9.17) is 13.9 Å². The molecule has 0 aliphatic heterocycles.